The number of carbonyl (C=O) groups excluding carboxylic acids is 8. The summed E-state index contributed by atoms with van der Waals surface area (Å²) in [6.07, 6.45) is 22.3. The minimum Gasteiger partial charge on any atom is -2.00 e. The molecule has 0 amide bonds. The van der Waals surface area contributed by atoms with Gasteiger partial charge in [0.05, 0.1) is 23.9 Å². The van der Waals surface area contributed by atoms with Gasteiger partial charge < -0.3 is 93.6 Å². The number of ether oxygens (including phenoxy) is 4. The fourth-order valence-electron chi connectivity index (χ4n) is 6.16. The molecule has 0 radical (unpaired) electrons. The zero-order valence-electron chi connectivity index (χ0n) is 51.4. The van der Waals surface area contributed by atoms with E-state index in [2.05, 4.69) is 125 Å². The molecule has 0 aromatic rings. The first kappa shape index (κ1) is 104. The minimum absolute atomic E-state index is 0. The average molecular weight is 1530 g/mol. The first-order valence-corrected chi connectivity index (χ1v) is 37.9. The molecule has 488 valence electrons. The predicted octanol–water partition coefficient (Wildman–Crippen LogP) is 7.86. The summed E-state index contributed by atoms with van der Waals surface area (Å²) >= 11 is 14.5. The van der Waals surface area contributed by atoms with Crippen LogP contribution < -0.4 is 20.4 Å². The monoisotopic (exact) mass is 1530 g/mol. The second-order valence-corrected chi connectivity index (χ2v) is 31.3. The largest absolute Gasteiger partial charge is 2.00 e. The normalized spacial score (nSPS) is 11.2. The van der Waals surface area contributed by atoms with E-state index < -0.39 is 87.2 Å². The van der Waals surface area contributed by atoms with E-state index in [1.807, 2.05) is 0 Å². The van der Waals surface area contributed by atoms with Crippen LogP contribution in [0, 0.1) is 23.7 Å². The van der Waals surface area contributed by atoms with Crippen molar-refractivity contribution in [2.45, 2.75) is 248 Å². The number of esters is 4. The van der Waals surface area contributed by atoms with Gasteiger partial charge in [0.1, 0.15) is 0 Å². The third-order valence-electron chi connectivity index (χ3n) is 11.1. The Morgan fingerprint density at radius 1 is 0.305 bits per heavy atom. The van der Waals surface area contributed by atoms with E-state index in [4.69, 9.17) is 0 Å². The molecule has 0 saturated carbocycles. The van der Waals surface area contributed by atoms with Crippen LogP contribution in [0.2, 0.25) is 17.7 Å². The Kier molecular flexibility index (Phi) is 97.9. The first-order valence-electron chi connectivity index (χ1n) is 27.8. The van der Waals surface area contributed by atoms with Gasteiger partial charge in [-0.1, -0.05) is 158 Å². The summed E-state index contributed by atoms with van der Waals surface area (Å²) in [4.78, 5) is 83.8. The topological polar surface area (TPSA) is 266 Å². The molecule has 0 spiro atoms. The molecule has 4 unspecified atom stereocenters. The predicted molar refractivity (Wildman–Crippen MR) is 350 cm³/mol. The first-order chi connectivity index (χ1) is 36.6. The summed E-state index contributed by atoms with van der Waals surface area (Å²) in [7, 11) is 5.56. The van der Waals surface area contributed by atoms with Crippen LogP contribution in [0.5, 0.6) is 0 Å². The van der Waals surface area contributed by atoms with E-state index in [1.165, 1.54) is 79.8 Å². The van der Waals surface area contributed by atoms with Crippen molar-refractivity contribution in [3.63, 3.8) is 0 Å². The molecule has 0 heterocycles. The Bertz CT molecular complexity index is 1280. The molecule has 0 fully saturated rings. The fourth-order valence-corrected chi connectivity index (χ4v) is 12.7. The Balaban J connectivity index is -0.0000000939. The van der Waals surface area contributed by atoms with Crippen molar-refractivity contribution in [1.82, 2.24) is 0 Å². The summed E-state index contributed by atoms with van der Waals surface area (Å²) in [5.41, 5.74) is 0. The van der Waals surface area contributed by atoms with E-state index >= 15 is 0 Å². The van der Waals surface area contributed by atoms with Gasteiger partial charge in [-0.2, -0.15) is 50.5 Å². The van der Waals surface area contributed by atoms with Crippen molar-refractivity contribution < 1.29 is 77.7 Å². The molecule has 0 aliphatic heterocycles. The number of aliphatic carboxylic acids is 4. The molecule has 82 heavy (non-hydrogen) atoms. The molecular weight excluding hydrogens is 1420 g/mol. The van der Waals surface area contributed by atoms with Crippen LogP contribution in [0.4, 0.5) is 0 Å². The van der Waals surface area contributed by atoms with Gasteiger partial charge in [0.2, 0.25) is 0 Å². The number of thiol groups is 4. The van der Waals surface area contributed by atoms with Crippen LogP contribution in [0.3, 0.4) is 0 Å². The molecule has 0 aliphatic carbocycles. The second-order valence-electron chi connectivity index (χ2n) is 20.3. The minimum atomic E-state index is -1.05. The van der Waals surface area contributed by atoms with E-state index in [9.17, 15) is 58.8 Å². The van der Waals surface area contributed by atoms with Crippen LogP contribution in [0.25, 0.3) is 0 Å². The molecule has 0 aliphatic rings. The molecule has 26 heteroatoms. The third kappa shape index (κ3) is 96.5. The Morgan fingerprint density at radius 3 is 0.573 bits per heavy atom. The molecule has 0 aromatic heterocycles. The maximum atomic E-state index is 10.7. The zero-order valence-corrected chi connectivity index (χ0v) is 63.9. The molecule has 16 nitrogen and oxygen atoms in total. The molecule has 0 N–H and O–H groups in total. The maximum absolute atomic E-state index is 10.7. The Labute approximate surface area is 567 Å². The summed E-state index contributed by atoms with van der Waals surface area (Å²) in [5.74, 6) is -1.84. The number of unbranched alkanes of at least 4 members (excludes halogenated alkanes) is 8. The van der Waals surface area contributed by atoms with Gasteiger partial charge in [-0.3, -0.25) is 0 Å². The quantitative estimate of drug-likeness (QED) is 0.0150. The van der Waals surface area contributed by atoms with Crippen LogP contribution in [-0.2, 0) is 111 Å². The van der Waals surface area contributed by atoms with Crippen LogP contribution in [0.1, 0.15) is 209 Å². The summed E-state index contributed by atoms with van der Waals surface area (Å²) in [6.45, 7) is 17.6. The van der Waals surface area contributed by atoms with E-state index in [1.54, 1.807) is 0 Å². The summed E-state index contributed by atoms with van der Waals surface area (Å²) in [6, 6.07) is 0. The number of carboxylic acids is 4. The summed E-state index contributed by atoms with van der Waals surface area (Å²) in [5, 5.41) is 38.8. The van der Waals surface area contributed by atoms with Crippen molar-refractivity contribution in [2.24, 2.45) is 23.7 Å². The van der Waals surface area contributed by atoms with E-state index in [0.717, 1.165) is 92.8 Å². The molecular formula is C56H104O16S8Sn2-8. The van der Waals surface area contributed by atoms with E-state index in [0.29, 0.717) is 51.4 Å². The van der Waals surface area contributed by atoms with Crippen molar-refractivity contribution >= 4 is 195 Å². The number of carboxylic acid groups (broad SMARTS) is 4. The van der Waals surface area contributed by atoms with Gasteiger partial charge in [-0.05, 0) is 49.4 Å². The van der Waals surface area contributed by atoms with Crippen LogP contribution in [0.15, 0.2) is 0 Å². The molecule has 0 bridgehead atoms. The number of carbonyl (C=O) groups is 8. The number of hydrogen-bond acceptors (Lipinski definition) is 20. The van der Waals surface area contributed by atoms with Gasteiger partial charge >= 0.3 is 176 Å². The second kappa shape index (κ2) is 77.3. The fraction of sp³-hybridized carbons (Fsp3) is 0.857. The molecule has 0 saturated heterocycles. The molecule has 0 aromatic carbocycles. The van der Waals surface area contributed by atoms with Crippen molar-refractivity contribution in [3.8, 4) is 0 Å². The smallest absolute Gasteiger partial charge is 2.00 e. The van der Waals surface area contributed by atoms with Crippen LogP contribution >= 0.6 is 50.5 Å². The SMILES string of the molecule is CC(C)CCCCCC(S)C(=O)[O-].CC(C)CCCCCC(S)C(=O)[O-].CC(C)CCCCCC(S)C(=O)[O-].CC(C)CCCCCC(S)C(=O)[O-].COC(=O)C[CH2][Sn+2][CH2]CC(=O)OC.COC(=O)C[CH2][Sn+2][CH2]CC(=O)OC.[S-2].[S-2].[S-2].[S-2]. The van der Waals surface area contributed by atoms with Crippen molar-refractivity contribution in [2.75, 3.05) is 28.4 Å². The molecule has 4 atom stereocenters. The van der Waals surface area contributed by atoms with Gasteiger partial charge in [0.25, 0.3) is 0 Å². The van der Waals surface area contributed by atoms with Gasteiger partial charge in [-0.15, -0.1) is 0 Å². The summed E-state index contributed by atoms with van der Waals surface area (Å²) < 4.78 is 21.7. The van der Waals surface area contributed by atoms with Gasteiger partial charge in [-0.25, -0.2) is 0 Å². The average Bonchev–Trinajstić information content (AvgIpc) is 3.37. The standard InChI is InChI=1S/4C10H20O2S.4C4H7O2.4S.2Sn/c4*1-8(2)6-4-3-5-7-9(13)10(11)12;4*1-3-4(5)6-2;;;;;;/h4*8-9,13H,3-7H2,1-2H3,(H,11,12);4*1,3H2,2H3;;;;;;/q;;;;;;;;4*-2;2*+2/p-4. The zero-order chi connectivity index (χ0) is 61.3. The molecule has 0 rings (SSSR count). The van der Waals surface area contributed by atoms with Gasteiger partial charge in [0, 0.05) is 21.0 Å². The van der Waals surface area contributed by atoms with Crippen molar-refractivity contribution in [1.29, 1.82) is 0 Å². The maximum Gasteiger partial charge on any atom is -2.00 e. The van der Waals surface area contributed by atoms with Gasteiger partial charge in [0.15, 0.2) is 0 Å². The van der Waals surface area contributed by atoms with Crippen molar-refractivity contribution in [3.05, 3.63) is 0 Å². The Hall–Kier alpha value is 0.157. The third-order valence-corrected chi connectivity index (χ3v) is 19.8. The van der Waals surface area contributed by atoms with E-state index in [-0.39, 0.29) is 77.9 Å². The van der Waals surface area contributed by atoms with Crippen LogP contribution in [-0.4, -0.2) is 139 Å². The Morgan fingerprint density at radius 2 is 0.451 bits per heavy atom. The number of methoxy groups -OCH3 is 4. The number of rotatable bonds is 40. The number of hydrogen-bond donors (Lipinski definition) is 4.